The second-order valence-corrected chi connectivity index (χ2v) is 3.90. The van der Waals surface area contributed by atoms with Gasteiger partial charge in [-0.25, -0.2) is 0 Å². The average molecular weight is 200 g/mol. The summed E-state index contributed by atoms with van der Waals surface area (Å²) in [5, 5.41) is 11.8. The van der Waals surface area contributed by atoms with Gasteiger partial charge in [-0.1, -0.05) is 0 Å². The van der Waals surface area contributed by atoms with Crippen LogP contribution in [0.1, 0.15) is 19.8 Å². The van der Waals surface area contributed by atoms with Gasteiger partial charge in [-0.2, -0.15) is 0 Å². The first-order chi connectivity index (χ1) is 6.74. The fraction of sp³-hybridized carbons (Fsp3) is 0.900. The summed E-state index contributed by atoms with van der Waals surface area (Å²) in [5.74, 6) is 0.732. The van der Waals surface area contributed by atoms with Crippen molar-refractivity contribution < 1.29 is 9.90 Å². The van der Waals surface area contributed by atoms with Crippen molar-refractivity contribution >= 4 is 5.91 Å². The van der Waals surface area contributed by atoms with Crippen molar-refractivity contribution in [2.24, 2.45) is 5.92 Å². The maximum Gasteiger partial charge on any atom is 0.219 e. The Kier molecular flexibility index (Phi) is 4.90. The van der Waals surface area contributed by atoms with E-state index in [0.29, 0.717) is 12.5 Å². The van der Waals surface area contributed by atoms with E-state index in [1.807, 2.05) is 4.90 Å². The number of likely N-dealkylation sites (tertiary alicyclic amines) is 1. The molecule has 1 unspecified atom stereocenters. The number of carbonyl (C=O) groups is 1. The Labute approximate surface area is 85.3 Å². The first kappa shape index (κ1) is 11.5. The van der Waals surface area contributed by atoms with Crippen LogP contribution in [0.2, 0.25) is 0 Å². The molecule has 0 aromatic carbocycles. The maximum atomic E-state index is 11.1. The highest BCUT2D eigenvalue weighted by atomic mass is 16.3. The monoisotopic (exact) mass is 200 g/mol. The molecule has 0 spiro atoms. The molecule has 2 N–H and O–H groups in total. The summed E-state index contributed by atoms with van der Waals surface area (Å²) >= 11 is 0. The zero-order chi connectivity index (χ0) is 10.4. The third kappa shape index (κ3) is 3.64. The van der Waals surface area contributed by atoms with E-state index >= 15 is 0 Å². The smallest absolute Gasteiger partial charge is 0.219 e. The molecule has 14 heavy (non-hydrogen) atoms. The van der Waals surface area contributed by atoms with Gasteiger partial charge in [0.15, 0.2) is 0 Å². The number of nitrogens with one attached hydrogen (secondary N) is 1. The third-order valence-electron chi connectivity index (χ3n) is 2.69. The van der Waals surface area contributed by atoms with Gasteiger partial charge < -0.3 is 15.3 Å². The summed E-state index contributed by atoms with van der Waals surface area (Å²) in [6.07, 6.45) is 2.28. The van der Waals surface area contributed by atoms with Crippen molar-refractivity contribution in [3.05, 3.63) is 0 Å². The van der Waals surface area contributed by atoms with Crippen LogP contribution in [0.25, 0.3) is 0 Å². The Balaban J connectivity index is 2.22. The second-order valence-electron chi connectivity index (χ2n) is 3.90. The van der Waals surface area contributed by atoms with Gasteiger partial charge in [0.25, 0.3) is 0 Å². The van der Waals surface area contributed by atoms with Crippen LogP contribution in [0.3, 0.4) is 0 Å². The first-order valence-electron chi connectivity index (χ1n) is 5.31. The lowest BCUT2D eigenvalue weighted by Crippen LogP contribution is -2.42. The molecular formula is C10H20N2O2. The number of rotatable bonds is 4. The van der Waals surface area contributed by atoms with E-state index in [-0.39, 0.29) is 12.5 Å². The maximum absolute atomic E-state index is 11.1. The Morgan fingerprint density at radius 2 is 2.43 bits per heavy atom. The van der Waals surface area contributed by atoms with Crippen LogP contribution < -0.4 is 5.32 Å². The van der Waals surface area contributed by atoms with Crippen LogP contribution in [0.5, 0.6) is 0 Å². The van der Waals surface area contributed by atoms with Crippen molar-refractivity contribution in [3.8, 4) is 0 Å². The molecular weight excluding hydrogens is 180 g/mol. The van der Waals surface area contributed by atoms with Gasteiger partial charge in [-0.15, -0.1) is 0 Å². The van der Waals surface area contributed by atoms with Crippen LogP contribution in [-0.4, -0.2) is 48.7 Å². The standard InChI is InChI=1S/C10H20N2O2/c1-9(14)12-5-2-3-10(8-12)7-11-4-6-13/h10-11,13H,2-8H2,1H3. The van der Waals surface area contributed by atoms with Crippen molar-refractivity contribution in [3.63, 3.8) is 0 Å². The number of aliphatic hydroxyl groups excluding tert-OH is 1. The summed E-state index contributed by atoms with van der Waals surface area (Å²) in [7, 11) is 0. The number of piperidine rings is 1. The lowest BCUT2D eigenvalue weighted by atomic mass is 9.98. The minimum atomic E-state index is 0.178. The molecule has 82 valence electrons. The van der Waals surface area contributed by atoms with Crippen LogP contribution in [0, 0.1) is 5.92 Å². The summed E-state index contributed by atoms with van der Waals surface area (Å²) < 4.78 is 0. The summed E-state index contributed by atoms with van der Waals surface area (Å²) in [6, 6.07) is 0. The highest BCUT2D eigenvalue weighted by molar-refractivity contribution is 5.73. The van der Waals surface area contributed by atoms with E-state index in [1.165, 1.54) is 6.42 Å². The van der Waals surface area contributed by atoms with Crippen molar-refractivity contribution in [1.29, 1.82) is 0 Å². The molecule has 1 atom stereocenters. The molecule has 1 fully saturated rings. The average Bonchev–Trinajstić information content (AvgIpc) is 2.19. The van der Waals surface area contributed by atoms with Crippen LogP contribution >= 0.6 is 0 Å². The van der Waals surface area contributed by atoms with E-state index in [0.717, 1.165) is 26.1 Å². The Bertz CT molecular complexity index is 185. The molecule has 1 heterocycles. The third-order valence-corrected chi connectivity index (χ3v) is 2.69. The number of hydrogen-bond acceptors (Lipinski definition) is 3. The number of nitrogens with zero attached hydrogens (tertiary/aromatic N) is 1. The molecule has 4 nitrogen and oxygen atoms in total. The zero-order valence-electron chi connectivity index (χ0n) is 8.83. The molecule has 0 saturated carbocycles. The number of amides is 1. The summed E-state index contributed by atoms with van der Waals surface area (Å²) in [4.78, 5) is 13.1. The summed E-state index contributed by atoms with van der Waals surface area (Å²) in [5.41, 5.74) is 0. The molecule has 1 rings (SSSR count). The topological polar surface area (TPSA) is 52.6 Å². The minimum absolute atomic E-state index is 0.178. The predicted octanol–water partition coefficient (Wildman–Crippen LogP) is -0.173. The van der Waals surface area contributed by atoms with Gasteiger partial charge >= 0.3 is 0 Å². The minimum Gasteiger partial charge on any atom is -0.395 e. The van der Waals surface area contributed by atoms with Crippen molar-refractivity contribution in [2.75, 3.05) is 32.8 Å². The zero-order valence-corrected chi connectivity index (χ0v) is 8.83. The molecule has 0 aromatic heterocycles. The largest absolute Gasteiger partial charge is 0.395 e. The second kappa shape index (κ2) is 5.98. The van der Waals surface area contributed by atoms with E-state index in [1.54, 1.807) is 6.92 Å². The highest BCUT2D eigenvalue weighted by Gasteiger charge is 2.20. The van der Waals surface area contributed by atoms with Crippen LogP contribution in [-0.2, 0) is 4.79 Å². The Morgan fingerprint density at radius 1 is 1.64 bits per heavy atom. The van der Waals surface area contributed by atoms with Crippen molar-refractivity contribution in [1.82, 2.24) is 10.2 Å². The molecule has 1 amide bonds. The molecule has 0 bridgehead atoms. The molecule has 0 aromatic rings. The lowest BCUT2D eigenvalue weighted by molar-refractivity contribution is -0.130. The number of aliphatic hydroxyl groups is 1. The quantitative estimate of drug-likeness (QED) is 0.619. The summed E-state index contributed by atoms with van der Waals surface area (Å²) in [6.45, 7) is 5.15. The first-order valence-corrected chi connectivity index (χ1v) is 5.31. The normalized spacial score (nSPS) is 22.4. The molecule has 1 aliphatic heterocycles. The predicted molar refractivity (Wildman–Crippen MR) is 54.9 cm³/mol. The Morgan fingerprint density at radius 3 is 3.07 bits per heavy atom. The molecule has 1 aliphatic rings. The van der Waals surface area contributed by atoms with Crippen LogP contribution in [0.4, 0.5) is 0 Å². The van der Waals surface area contributed by atoms with Gasteiger partial charge in [-0.05, 0) is 25.3 Å². The molecule has 4 heteroatoms. The van der Waals surface area contributed by atoms with Gasteiger partial charge in [0.1, 0.15) is 0 Å². The van der Waals surface area contributed by atoms with E-state index in [9.17, 15) is 4.79 Å². The van der Waals surface area contributed by atoms with Gasteiger partial charge in [0, 0.05) is 26.6 Å². The van der Waals surface area contributed by atoms with E-state index in [2.05, 4.69) is 5.32 Å². The van der Waals surface area contributed by atoms with Crippen molar-refractivity contribution in [2.45, 2.75) is 19.8 Å². The van der Waals surface area contributed by atoms with Crippen LogP contribution in [0.15, 0.2) is 0 Å². The van der Waals surface area contributed by atoms with E-state index in [4.69, 9.17) is 5.11 Å². The number of hydrogen-bond donors (Lipinski definition) is 2. The SMILES string of the molecule is CC(=O)N1CCCC(CNCCO)C1. The van der Waals surface area contributed by atoms with E-state index < -0.39 is 0 Å². The van der Waals surface area contributed by atoms with Gasteiger partial charge in [0.05, 0.1) is 6.61 Å². The Hall–Kier alpha value is -0.610. The fourth-order valence-corrected chi connectivity index (χ4v) is 1.90. The fourth-order valence-electron chi connectivity index (χ4n) is 1.90. The van der Waals surface area contributed by atoms with Gasteiger partial charge in [0.2, 0.25) is 5.91 Å². The highest BCUT2D eigenvalue weighted by Crippen LogP contribution is 2.15. The molecule has 1 saturated heterocycles. The number of carbonyl (C=O) groups excluding carboxylic acids is 1. The van der Waals surface area contributed by atoms with Gasteiger partial charge in [-0.3, -0.25) is 4.79 Å². The lowest BCUT2D eigenvalue weighted by Gasteiger charge is -2.32. The molecule has 0 radical (unpaired) electrons. The molecule has 0 aliphatic carbocycles.